The molecule has 0 bridgehead atoms. The summed E-state index contributed by atoms with van der Waals surface area (Å²) in [7, 11) is 0. The summed E-state index contributed by atoms with van der Waals surface area (Å²) in [4.78, 5) is 10.0. The zero-order chi connectivity index (χ0) is 16.9. The third-order valence-electron chi connectivity index (χ3n) is 3.62. The van der Waals surface area contributed by atoms with Crippen molar-refractivity contribution in [2.45, 2.75) is 26.2 Å². The number of benzene rings is 1. The van der Waals surface area contributed by atoms with Gasteiger partial charge in [0, 0.05) is 35.2 Å². The number of anilines is 1. The van der Waals surface area contributed by atoms with Crippen molar-refractivity contribution in [3.05, 3.63) is 34.3 Å². The Morgan fingerprint density at radius 3 is 2.84 bits per heavy atom. The second kappa shape index (κ2) is 9.23. The van der Waals surface area contributed by atoms with Gasteiger partial charge in [-0.25, -0.2) is 4.98 Å². The van der Waals surface area contributed by atoms with Gasteiger partial charge in [-0.3, -0.25) is 4.99 Å². The molecule has 1 aromatic heterocycles. The van der Waals surface area contributed by atoms with Crippen molar-refractivity contribution in [3.8, 4) is 11.5 Å². The number of ether oxygens (including phenoxy) is 2. The lowest BCUT2D eigenvalue weighted by molar-refractivity contribution is 0.297. The summed E-state index contributed by atoms with van der Waals surface area (Å²) in [5.41, 5.74) is 6.83. The average molecular weight is 474 g/mol. The van der Waals surface area contributed by atoms with E-state index in [1.807, 2.05) is 24.4 Å². The average Bonchev–Trinajstić information content (AvgIpc) is 2.87. The van der Waals surface area contributed by atoms with Gasteiger partial charge in [-0.2, -0.15) is 0 Å². The lowest BCUT2D eigenvalue weighted by atomic mass is 10.2. The topological polar surface area (TPSA) is 81.8 Å². The Hall–Kier alpha value is -1.55. The molecule has 1 aliphatic heterocycles. The van der Waals surface area contributed by atoms with Crippen LogP contribution in [0.4, 0.5) is 5.69 Å². The normalized spacial score (nSPS) is 15.0. The predicted octanol–water partition coefficient (Wildman–Crippen LogP) is 3.76. The molecule has 0 fully saturated rings. The van der Waals surface area contributed by atoms with Crippen LogP contribution in [0.3, 0.4) is 0 Å². The van der Waals surface area contributed by atoms with Crippen LogP contribution in [0, 0.1) is 6.92 Å². The number of guanidine groups is 1. The van der Waals surface area contributed by atoms with Crippen LogP contribution in [0.25, 0.3) is 0 Å². The molecule has 3 N–H and O–H groups in total. The van der Waals surface area contributed by atoms with E-state index in [1.165, 1.54) is 4.88 Å². The smallest absolute Gasteiger partial charge is 0.193 e. The van der Waals surface area contributed by atoms with Crippen molar-refractivity contribution >= 4 is 47.0 Å². The first-order valence-corrected chi connectivity index (χ1v) is 8.82. The number of nitrogens with one attached hydrogen (secondary N) is 1. The van der Waals surface area contributed by atoms with Crippen molar-refractivity contribution in [2.75, 3.05) is 25.1 Å². The van der Waals surface area contributed by atoms with Gasteiger partial charge < -0.3 is 20.5 Å². The number of fused-ring (bicyclic) bond motifs is 1. The number of halogens is 1. The highest BCUT2D eigenvalue weighted by Gasteiger charge is 2.12. The molecule has 0 aliphatic carbocycles. The van der Waals surface area contributed by atoms with Gasteiger partial charge in [-0.1, -0.05) is 6.92 Å². The second-order valence-corrected chi connectivity index (χ2v) is 7.04. The highest BCUT2D eigenvalue weighted by atomic mass is 127. The van der Waals surface area contributed by atoms with E-state index in [0.717, 1.165) is 28.6 Å². The molecule has 0 spiro atoms. The number of thiazole rings is 1. The third kappa shape index (κ3) is 5.46. The lowest BCUT2D eigenvalue weighted by Crippen LogP contribution is -2.23. The van der Waals surface area contributed by atoms with Crippen LogP contribution < -0.4 is 20.5 Å². The Balaban J connectivity index is 0.00000225. The predicted molar refractivity (Wildman–Crippen MR) is 113 cm³/mol. The highest BCUT2D eigenvalue weighted by Crippen LogP contribution is 2.32. The third-order valence-corrected chi connectivity index (χ3v) is 4.76. The Kier molecular flexibility index (Phi) is 7.30. The largest absolute Gasteiger partial charge is 0.490 e. The van der Waals surface area contributed by atoms with E-state index >= 15 is 0 Å². The minimum absolute atomic E-state index is 0. The lowest BCUT2D eigenvalue weighted by Gasteiger charge is -2.11. The van der Waals surface area contributed by atoms with Gasteiger partial charge in [0.1, 0.15) is 0 Å². The first-order chi connectivity index (χ1) is 11.6. The molecule has 3 rings (SSSR count). The van der Waals surface area contributed by atoms with Crippen molar-refractivity contribution in [2.24, 2.45) is 10.7 Å². The molecule has 25 heavy (non-hydrogen) atoms. The Bertz CT molecular complexity index is 735. The monoisotopic (exact) mass is 474 g/mol. The highest BCUT2D eigenvalue weighted by molar-refractivity contribution is 14.0. The molecule has 1 atom stereocenters. The number of rotatable bonds is 4. The molecule has 1 aliphatic rings. The number of aryl methyl sites for hydroxylation is 1. The molecule has 2 aromatic rings. The zero-order valence-electron chi connectivity index (χ0n) is 14.3. The molecular formula is C17H23IN4O2S. The van der Waals surface area contributed by atoms with Gasteiger partial charge in [-0.05, 0) is 19.1 Å². The summed E-state index contributed by atoms with van der Waals surface area (Å²) >= 11 is 1.70. The van der Waals surface area contributed by atoms with Crippen LogP contribution in [0.1, 0.15) is 29.1 Å². The molecule has 136 valence electrons. The molecule has 0 saturated heterocycles. The molecular weight excluding hydrogens is 451 g/mol. The number of aromatic nitrogens is 1. The summed E-state index contributed by atoms with van der Waals surface area (Å²) in [5.74, 6) is 2.12. The van der Waals surface area contributed by atoms with E-state index in [2.05, 4.69) is 29.1 Å². The van der Waals surface area contributed by atoms with E-state index in [4.69, 9.17) is 15.2 Å². The molecule has 0 amide bonds. The molecule has 0 radical (unpaired) electrons. The maximum absolute atomic E-state index is 5.99. The fraction of sp³-hybridized carbons (Fsp3) is 0.412. The SMILES string of the molecule is Cc1cnc(C(C)CN=C(N)Nc2ccc3c(c2)OCCCO3)s1.I. The Morgan fingerprint density at radius 2 is 2.12 bits per heavy atom. The minimum Gasteiger partial charge on any atom is -0.490 e. The Morgan fingerprint density at radius 1 is 1.36 bits per heavy atom. The Labute approximate surface area is 168 Å². The van der Waals surface area contributed by atoms with E-state index < -0.39 is 0 Å². The number of aliphatic imine (C=N–C) groups is 1. The summed E-state index contributed by atoms with van der Waals surface area (Å²) in [5, 5.41) is 4.18. The van der Waals surface area contributed by atoms with E-state index in [9.17, 15) is 0 Å². The number of hydrogen-bond donors (Lipinski definition) is 2. The van der Waals surface area contributed by atoms with Gasteiger partial charge >= 0.3 is 0 Å². The van der Waals surface area contributed by atoms with Gasteiger partial charge in [0.15, 0.2) is 17.5 Å². The van der Waals surface area contributed by atoms with Crippen LogP contribution in [0.5, 0.6) is 11.5 Å². The summed E-state index contributed by atoms with van der Waals surface area (Å²) in [6.07, 6.45) is 2.77. The summed E-state index contributed by atoms with van der Waals surface area (Å²) in [6, 6.07) is 5.68. The molecule has 1 aromatic carbocycles. The second-order valence-electron chi connectivity index (χ2n) is 5.77. The van der Waals surface area contributed by atoms with Crippen LogP contribution in [-0.4, -0.2) is 30.7 Å². The molecule has 1 unspecified atom stereocenters. The van der Waals surface area contributed by atoms with Crippen LogP contribution in [0.15, 0.2) is 29.4 Å². The van der Waals surface area contributed by atoms with Crippen molar-refractivity contribution in [1.29, 1.82) is 0 Å². The summed E-state index contributed by atoms with van der Waals surface area (Å²) in [6.45, 7) is 6.08. The quantitative estimate of drug-likeness (QED) is 0.401. The number of nitrogens with zero attached hydrogens (tertiary/aromatic N) is 2. The van der Waals surface area contributed by atoms with Crippen molar-refractivity contribution in [1.82, 2.24) is 4.98 Å². The molecule has 6 nitrogen and oxygen atoms in total. The maximum Gasteiger partial charge on any atom is 0.193 e. The molecule has 8 heteroatoms. The first kappa shape index (κ1) is 19.8. The fourth-order valence-corrected chi connectivity index (χ4v) is 3.16. The minimum atomic E-state index is 0. The number of hydrogen-bond acceptors (Lipinski definition) is 5. The van der Waals surface area contributed by atoms with Gasteiger partial charge in [0.05, 0.1) is 24.8 Å². The van der Waals surface area contributed by atoms with Gasteiger partial charge in [-0.15, -0.1) is 35.3 Å². The standard InChI is InChI=1S/C17H22N4O2S.HI/c1-11(16-19-10-12(2)24-16)9-20-17(18)21-13-4-5-14-15(8-13)23-7-3-6-22-14;/h4-5,8,10-11H,3,6-7,9H2,1-2H3,(H3,18,20,21);1H. The zero-order valence-corrected chi connectivity index (χ0v) is 17.5. The van der Waals surface area contributed by atoms with E-state index in [-0.39, 0.29) is 29.9 Å². The fourth-order valence-electron chi connectivity index (χ4n) is 2.34. The van der Waals surface area contributed by atoms with Gasteiger partial charge in [0.2, 0.25) is 0 Å². The maximum atomic E-state index is 5.99. The van der Waals surface area contributed by atoms with E-state index in [0.29, 0.717) is 25.7 Å². The van der Waals surface area contributed by atoms with Gasteiger partial charge in [0.25, 0.3) is 0 Å². The molecule has 2 heterocycles. The van der Waals surface area contributed by atoms with Crippen LogP contribution in [-0.2, 0) is 0 Å². The van der Waals surface area contributed by atoms with E-state index in [1.54, 1.807) is 11.3 Å². The summed E-state index contributed by atoms with van der Waals surface area (Å²) < 4.78 is 11.3. The number of nitrogens with two attached hydrogens (primary N) is 1. The van der Waals surface area contributed by atoms with Crippen LogP contribution >= 0.6 is 35.3 Å². The first-order valence-electron chi connectivity index (χ1n) is 8.01. The van der Waals surface area contributed by atoms with Crippen molar-refractivity contribution < 1.29 is 9.47 Å². The van der Waals surface area contributed by atoms with Crippen LogP contribution in [0.2, 0.25) is 0 Å². The molecule has 0 saturated carbocycles. The van der Waals surface area contributed by atoms with Crippen molar-refractivity contribution in [3.63, 3.8) is 0 Å².